The van der Waals surface area contributed by atoms with E-state index >= 15 is 0 Å². The Bertz CT molecular complexity index is 931. The fourth-order valence-electron chi connectivity index (χ4n) is 2.50. The molecule has 0 saturated heterocycles. The predicted molar refractivity (Wildman–Crippen MR) is 97.5 cm³/mol. The zero-order valence-corrected chi connectivity index (χ0v) is 14.5. The van der Waals surface area contributed by atoms with Gasteiger partial charge in [-0.3, -0.25) is 9.89 Å². The Hall–Kier alpha value is -2.90. The highest BCUT2D eigenvalue weighted by atomic mass is 35.5. The molecule has 0 fully saturated rings. The van der Waals surface area contributed by atoms with E-state index in [0.29, 0.717) is 27.5 Å². The van der Waals surface area contributed by atoms with Gasteiger partial charge in [0.1, 0.15) is 17.6 Å². The maximum absolute atomic E-state index is 14.5. The Morgan fingerprint density at radius 2 is 2.19 bits per heavy atom. The molecule has 1 amide bonds. The number of benzene rings is 2. The topological polar surface area (TPSA) is 93.0 Å². The molecule has 1 aromatic heterocycles. The summed E-state index contributed by atoms with van der Waals surface area (Å²) < 4.78 is 19.8. The van der Waals surface area contributed by atoms with E-state index in [4.69, 9.17) is 22.1 Å². The van der Waals surface area contributed by atoms with Crippen molar-refractivity contribution in [2.45, 2.75) is 6.04 Å². The Morgan fingerprint density at radius 3 is 2.85 bits per heavy atom. The summed E-state index contributed by atoms with van der Waals surface area (Å²) in [6, 6.07) is 8.31. The maximum atomic E-state index is 14.5. The third kappa shape index (κ3) is 3.68. The SMILES string of the molecule is COc1cc(NC(=O)[C@H](N)c2cccc(Cl)c2)c(F)cc1-c1cn[nH]c1. The van der Waals surface area contributed by atoms with E-state index in [0.717, 1.165) is 0 Å². The fourth-order valence-corrected chi connectivity index (χ4v) is 2.70. The lowest BCUT2D eigenvalue weighted by molar-refractivity contribution is -0.117. The minimum absolute atomic E-state index is 0.0310. The fraction of sp³-hybridized carbons (Fsp3) is 0.111. The first-order valence-electron chi connectivity index (χ1n) is 7.68. The second-order valence-corrected chi connectivity index (χ2v) is 5.98. The summed E-state index contributed by atoms with van der Waals surface area (Å²) in [5.74, 6) is -0.794. The Balaban J connectivity index is 1.86. The number of anilines is 1. The molecule has 26 heavy (non-hydrogen) atoms. The van der Waals surface area contributed by atoms with Crippen LogP contribution >= 0.6 is 11.6 Å². The van der Waals surface area contributed by atoms with Crippen LogP contribution in [0.1, 0.15) is 11.6 Å². The molecule has 0 bridgehead atoms. The number of nitrogens with zero attached hydrogens (tertiary/aromatic N) is 1. The first-order valence-corrected chi connectivity index (χ1v) is 8.06. The predicted octanol–water partition coefficient (Wildman–Crippen LogP) is 3.52. The van der Waals surface area contributed by atoms with Gasteiger partial charge in [0.2, 0.25) is 5.91 Å². The summed E-state index contributed by atoms with van der Waals surface area (Å²) in [6.45, 7) is 0. The van der Waals surface area contributed by atoms with Crippen molar-refractivity contribution in [3.63, 3.8) is 0 Å². The van der Waals surface area contributed by atoms with Crippen LogP contribution in [0, 0.1) is 5.82 Å². The highest BCUT2D eigenvalue weighted by Gasteiger charge is 2.20. The van der Waals surface area contributed by atoms with Gasteiger partial charge in [-0.15, -0.1) is 0 Å². The molecular formula is C18H16ClFN4O2. The molecule has 4 N–H and O–H groups in total. The van der Waals surface area contributed by atoms with E-state index in [9.17, 15) is 9.18 Å². The molecule has 8 heteroatoms. The third-order valence-corrected chi connectivity index (χ3v) is 4.08. The quantitative estimate of drug-likeness (QED) is 0.637. The van der Waals surface area contributed by atoms with E-state index in [1.54, 1.807) is 36.7 Å². The zero-order chi connectivity index (χ0) is 18.7. The summed E-state index contributed by atoms with van der Waals surface area (Å²) in [5.41, 5.74) is 7.61. The molecule has 134 valence electrons. The van der Waals surface area contributed by atoms with Crippen LogP contribution in [0.2, 0.25) is 5.02 Å². The van der Waals surface area contributed by atoms with Gasteiger partial charge in [0.05, 0.1) is 19.0 Å². The number of aromatic amines is 1. The smallest absolute Gasteiger partial charge is 0.245 e. The largest absolute Gasteiger partial charge is 0.496 e. The second-order valence-electron chi connectivity index (χ2n) is 5.54. The van der Waals surface area contributed by atoms with Crippen molar-refractivity contribution in [1.29, 1.82) is 0 Å². The summed E-state index contributed by atoms with van der Waals surface area (Å²) in [5, 5.41) is 9.45. The number of nitrogens with two attached hydrogens (primary N) is 1. The van der Waals surface area contributed by atoms with E-state index in [1.807, 2.05) is 0 Å². The highest BCUT2D eigenvalue weighted by molar-refractivity contribution is 6.30. The number of H-pyrrole nitrogens is 1. The number of hydrogen-bond donors (Lipinski definition) is 3. The standard InChI is InChI=1S/C18H16ClFN4O2/c1-26-16-7-15(14(20)6-13(16)11-8-22-23-9-11)24-18(25)17(21)10-3-2-4-12(19)5-10/h2-9,17H,21H2,1H3,(H,22,23)(H,24,25)/t17-/m1/s1. The van der Waals surface area contributed by atoms with Crippen molar-refractivity contribution in [2.75, 3.05) is 12.4 Å². The normalized spacial score (nSPS) is 11.8. The van der Waals surface area contributed by atoms with Crippen molar-refractivity contribution < 1.29 is 13.9 Å². The lowest BCUT2D eigenvalue weighted by Crippen LogP contribution is -2.28. The van der Waals surface area contributed by atoms with Gasteiger partial charge in [0, 0.05) is 28.4 Å². The first-order chi connectivity index (χ1) is 12.5. The lowest BCUT2D eigenvalue weighted by Gasteiger charge is -2.15. The van der Waals surface area contributed by atoms with Crippen LogP contribution in [0.5, 0.6) is 5.75 Å². The van der Waals surface area contributed by atoms with Gasteiger partial charge >= 0.3 is 0 Å². The average molecular weight is 375 g/mol. The van der Waals surface area contributed by atoms with Crippen molar-refractivity contribution in [3.8, 4) is 16.9 Å². The summed E-state index contributed by atoms with van der Waals surface area (Å²) in [4.78, 5) is 12.4. The summed E-state index contributed by atoms with van der Waals surface area (Å²) in [7, 11) is 1.46. The minimum Gasteiger partial charge on any atom is -0.496 e. The van der Waals surface area contributed by atoms with Crippen LogP contribution in [0.4, 0.5) is 10.1 Å². The molecule has 0 unspecified atom stereocenters. The number of ether oxygens (including phenoxy) is 1. The van der Waals surface area contributed by atoms with Crippen LogP contribution < -0.4 is 15.8 Å². The van der Waals surface area contributed by atoms with Gasteiger partial charge in [-0.1, -0.05) is 23.7 Å². The Labute approximate surface area is 154 Å². The molecule has 1 heterocycles. The molecule has 0 aliphatic carbocycles. The first kappa shape index (κ1) is 17.9. The molecule has 0 saturated carbocycles. The van der Waals surface area contributed by atoms with E-state index in [-0.39, 0.29) is 5.69 Å². The number of halogens is 2. The average Bonchev–Trinajstić information content (AvgIpc) is 3.16. The van der Waals surface area contributed by atoms with Gasteiger partial charge in [0.25, 0.3) is 0 Å². The van der Waals surface area contributed by atoms with Crippen molar-refractivity contribution in [1.82, 2.24) is 10.2 Å². The van der Waals surface area contributed by atoms with Crippen LogP contribution in [-0.4, -0.2) is 23.2 Å². The highest BCUT2D eigenvalue weighted by Crippen LogP contribution is 2.34. The molecule has 0 aliphatic rings. The van der Waals surface area contributed by atoms with Crippen LogP contribution in [0.3, 0.4) is 0 Å². The van der Waals surface area contributed by atoms with Gasteiger partial charge < -0.3 is 15.8 Å². The van der Waals surface area contributed by atoms with E-state index < -0.39 is 17.8 Å². The van der Waals surface area contributed by atoms with Gasteiger partial charge in [-0.05, 0) is 23.8 Å². The monoisotopic (exact) mass is 374 g/mol. The molecule has 0 spiro atoms. The number of aromatic nitrogens is 2. The summed E-state index contributed by atoms with van der Waals surface area (Å²) in [6.07, 6.45) is 3.16. The molecular weight excluding hydrogens is 359 g/mol. The molecule has 3 rings (SSSR count). The maximum Gasteiger partial charge on any atom is 0.245 e. The van der Waals surface area contributed by atoms with E-state index in [1.165, 1.54) is 19.2 Å². The number of rotatable bonds is 5. The van der Waals surface area contributed by atoms with Crippen molar-refractivity contribution in [2.24, 2.45) is 5.73 Å². The minimum atomic E-state index is -0.993. The van der Waals surface area contributed by atoms with Crippen molar-refractivity contribution in [3.05, 3.63) is 65.2 Å². The number of nitrogens with one attached hydrogen (secondary N) is 2. The number of amides is 1. The zero-order valence-electron chi connectivity index (χ0n) is 13.8. The van der Waals surface area contributed by atoms with Gasteiger partial charge in [-0.25, -0.2) is 4.39 Å². The second kappa shape index (κ2) is 7.55. The van der Waals surface area contributed by atoms with Crippen LogP contribution in [0.25, 0.3) is 11.1 Å². The number of carbonyl (C=O) groups is 1. The van der Waals surface area contributed by atoms with E-state index in [2.05, 4.69) is 15.5 Å². The molecule has 0 aliphatic heterocycles. The molecule has 0 radical (unpaired) electrons. The lowest BCUT2D eigenvalue weighted by atomic mass is 10.1. The van der Waals surface area contributed by atoms with Gasteiger partial charge in [0.15, 0.2) is 0 Å². The third-order valence-electron chi connectivity index (χ3n) is 3.85. The Morgan fingerprint density at radius 1 is 1.38 bits per heavy atom. The number of hydrogen-bond acceptors (Lipinski definition) is 4. The molecule has 6 nitrogen and oxygen atoms in total. The molecule has 3 aromatic rings. The van der Waals surface area contributed by atoms with Crippen LogP contribution in [-0.2, 0) is 4.79 Å². The number of carbonyl (C=O) groups excluding carboxylic acids is 1. The molecule has 1 atom stereocenters. The van der Waals surface area contributed by atoms with Crippen molar-refractivity contribution >= 4 is 23.2 Å². The number of methoxy groups -OCH3 is 1. The summed E-state index contributed by atoms with van der Waals surface area (Å²) >= 11 is 5.91. The Kier molecular flexibility index (Phi) is 5.20. The molecule has 2 aromatic carbocycles. The van der Waals surface area contributed by atoms with Crippen LogP contribution in [0.15, 0.2) is 48.8 Å². The van der Waals surface area contributed by atoms with Gasteiger partial charge in [-0.2, -0.15) is 5.10 Å².